The molecule has 0 spiro atoms. The molecule has 0 heterocycles. The van der Waals surface area contributed by atoms with E-state index in [-0.39, 0.29) is 6.04 Å². The second kappa shape index (κ2) is 5.10. The van der Waals surface area contributed by atoms with Crippen LogP contribution in [0, 0.1) is 17.6 Å². The molecule has 2 nitrogen and oxygen atoms in total. The van der Waals surface area contributed by atoms with Gasteiger partial charge in [-0.25, -0.2) is 8.78 Å². The van der Waals surface area contributed by atoms with Crippen molar-refractivity contribution in [1.29, 1.82) is 0 Å². The highest BCUT2D eigenvalue weighted by Gasteiger charge is 2.26. The molecule has 0 bridgehead atoms. The van der Waals surface area contributed by atoms with E-state index in [1.54, 1.807) is 0 Å². The molecule has 1 aliphatic rings. The summed E-state index contributed by atoms with van der Waals surface area (Å²) in [6.45, 7) is 1.31. The Labute approximate surface area is 100 Å². The predicted octanol–water partition coefficient (Wildman–Crippen LogP) is 2.31. The minimum absolute atomic E-state index is 0.110. The van der Waals surface area contributed by atoms with Crippen molar-refractivity contribution < 1.29 is 8.78 Å². The molecule has 1 saturated carbocycles. The van der Waals surface area contributed by atoms with E-state index in [1.165, 1.54) is 25.0 Å². The van der Waals surface area contributed by atoms with E-state index in [4.69, 9.17) is 5.73 Å². The van der Waals surface area contributed by atoms with Crippen molar-refractivity contribution in [1.82, 2.24) is 4.90 Å². The second-order valence-corrected chi connectivity index (χ2v) is 4.84. The molecule has 0 aromatic heterocycles. The third-order valence-electron chi connectivity index (χ3n) is 3.27. The number of hydrogen-bond donors (Lipinski definition) is 1. The largest absolute Gasteiger partial charge is 0.329 e. The number of nitrogens with two attached hydrogens (primary N) is 1. The van der Waals surface area contributed by atoms with Crippen LogP contribution in [0.1, 0.15) is 24.4 Å². The zero-order valence-electron chi connectivity index (χ0n) is 10.00. The van der Waals surface area contributed by atoms with E-state index in [9.17, 15) is 8.78 Å². The summed E-state index contributed by atoms with van der Waals surface area (Å²) in [5, 5.41) is 0. The Balaban J connectivity index is 2.14. The third-order valence-corrected chi connectivity index (χ3v) is 3.27. The molecule has 0 saturated heterocycles. The van der Waals surface area contributed by atoms with Gasteiger partial charge in [-0.05, 0) is 43.5 Å². The summed E-state index contributed by atoms with van der Waals surface area (Å²) in [5.74, 6) is -0.357. The molecule has 0 radical (unpaired) electrons. The molecule has 1 aromatic carbocycles. The zero-order valence-corrected chi connectivity index (χ0v) is 10.00. The van der Waals surface area contributed by atoms with E-state index < -0.39 is 11.6 Å². The highest BCUT2D eigenvalue weighted by Crippen LogP contribution is 2.32. The number of nitrogens with zero attached hydrogens (tertiary/aromatic N) is 1. The highest BCUT2D eigenvalue weighted by molar-refractivity contribution is 5.22. The SMILES string of the molecule is CN(CC1CC1)C(CN)c1cc(F)cc(F)c1. The zero-order chi connectivity index (χ0) is 12.4. The topological polar surface area (TPSA) is 29.3 Å². The first-order valence-electron chi connectivity index (χ1n) is 5.96. The van der Waals surface area contributed by atoms with Crippen LogP contribution in [0.5, 0.6) is 0 Å². The molecule has 2 rings (SSSR count). The van der Waals surface area contributed by atoms with Gasteiger partial charge in [0.2, 0.25) is 0 Å². The number of halogens is 2. The minimum Gasteiger partial charge on any atom is -0.329 e. The van der Waals surface area contributed by atoms with Crippen molar-refractivity contribution in [2.45, 2.75) is 18.9 Å². The average molecular weight is 240 g/mol. The lowest BCUT2D eigenvalue weighted by atomic mass is 10.0. The van der Waals surface area contributed by atoms with Crippen LogP contribution in [0.3, 0.4) is 0 Å². The van der Waals surface area contributed by atoms with Gasteiger partial charge in [-0.2, -0.15) is 0 Å². The van der Waals surface area contributed by atoms with Crippen molar-refractivity contribution in [3.05, 3.63) is 35.4 Å². The summed E-state index contributed by atoms with van der Waals surface area (Å²) in [5.41, 5.74) is 6.33. The minimum atomic E-state index is -0.543. The Kier molecular flexibility index (Phi) is 3.74. The van der Waals surface area contributed by atoms with Gasteiger partial charge < -0.3 is 5.73 Å². The van der Waals surface area contributed by atoms with Gasteiger partial charge >= 0.3 is 0 Å². The lowest BCUT2D eigenvalue weighted by Gasteiger charge is -2.27. The Morgan fingerprint density at radius 3 is 2.35 bits per heavy atom. The molecule has 4 heteroatoms. The molecule has 1 aromatic rings. The number of likely N-dealkylation sites (N-methyl/N-ethyl adjacent to an activating group) is 1. The van der Waals surface area contributed by atoms with E-state index in [0.29, 0.717) is 12.1 Å². The Hall–Kier alpha value is -1.00. The van der Waals surface area contributed by atoms with Crippen LogP contribution in [0.25, 0.3) is 0 Å². The first-order chi connectivity index (χ1) is 8.10. The standard InChI is InChI=1S/C13H18F2N2/c1-17(8-9-2-3-9)13(7-16)10-4-11(14)6-12(15)5-10/h4-6,9,13H,2-3,7-8,16H2,1H3. The molecule has 1 unspecified atom stereocenters. The Bertz CT molecular complexity index is 371. The summed E-state index contributed by atoms with van der Waals surface area (Å²) in [7, 11) is 1.96. The van der Waals surface area contributed by atoms with Gasteiger partial charge in [-0.1, -0.05) is 0 Å². The molecular weight excluding hydrogens is 222 g/mol. The van der Waals surface area contributed by atoms with Crippen molar-refractivity contribution in [3.8, 4) is 0 Å². The first kappa shape index (κ1) is 12.5. The summed E-state index contributed by atoms with van der Waals surface area (Å²) >= 11 is 0. The van der Waals surface area contributed by atoms with Crippen molar-refractivity contribution in [2.75, 3.05) is 20.1 Å². The van der Waals surface area contributed by atoms with E-state index in [2.05, 4.69) is 4.90 Å². The van der Waals surface area contributed by atoms with Gasteiger partial charge in [-0.3, -0.25) is 4.90 Å². The molecule has 1 fully saturated rings. The van der Waals surface area contributed by atoms with Crippen LogP contribution >= 0.6 is 0 Å². The summed E-state index contributed by atoms with van der Waals surface area (Å²) < 4.78 is 26.3. The fourth-order valence-corrected chi connectivity index (χ4v) is 2.17. The molecule has 0 aliphatic heterocycles. The van der Waals surface area contributed by atoms with Crippen LogP contribution < -0.4 is 5.73 Å². The van der Waals surface area contributed by atoms with E-state index in [0.717, 1.165) is 18.5 Å². The van der Waals surface area contributed by atoms with Gasteiger partial charge in [0.15, 0.2) is 0 Å². The maximum Gasteiger partial charge on any atom is 0.126 e. The Morgan fingerprint density at radius 2 is 1.88 bits per heavy atom. The lowest BCUT2D eigenvalue weighted by Crippen LogP contribution is -2.32. The van der Waals surface area contributed by atoms with E-state index in [1.807, 2.05) is 7.05 Å². The average Bonchev–Trinajstić information content (AvgIpc) is 3.01. The van der Waals surface area contributed by atoms with Crippen LogP contribution in [0.15, 0.2) is 18.2 Å². The third kappa shape index (κ3) is 3.23. The van der Waals surface area contributed by atoms with Gasteiger partial charge in [0, 0.05) is 25.2 Å². The molecule has 1 aliphatic carbocycles. The first-order valence-corrected chi connectivity index (χ1v) is 5.96. The molecule has 2 N–H and O–H groups in total. The number of hydrogen-bond acceptors (Lipinski definition) is 2. The van der Waals surface area contributed by atoms with Gasteiger partial charge in [0.1, 0.15) is 11.6 Å². The molecule has 17 heavy (non-hydrogen) atoms. The van der Waals surface area contributed by atoms with Gasteiger partial charge in [0.25, 0.3) is 0 Å². The van der Waals surface area contributed by atoms with Crippen LogP contribution in [-0.2, 0) is 0 Å². The maximum absolute atomic E-state index is 13.2. The lowest BCUT2D eigenvalue weighted by molar-refractivity contribution is 0.239. The van der Waals surface area contributed by atoms with Gasteiger partial charge in [-0.15, -0.1) is 0 Å². The molecule has 0 amide bonds. The van der Waals surface area contributed by atoms with Crippen LogP contribution in [0.4, 0.5) is 8.78 Å². The summed E-state index contributed by atoms with van der Waals surface area (Å²) in [4.78, 5) is 2.09. The monoisotopic (exact) mass is 240 g/mol. The predicted molar refractivity (Wildman–Crippen MR) is 63.5 cm³/mol. The summed E-state index contributed by atoms with van der Waals surface area (Å²) in [6, 6.07) is 3.51. The summed E-state index contributed by atoms with van der Waals surface area (Å²) in [6.07, 6.45) is 2.50. The van der Waals surface area contributed by atoms with Crippen molar-refractivity contribution in [2.24, 2.45) is 11.7 Å². The highest BCUT2D eigenvalue weighted by atomic mass is 19.1. The van der Waals surface area contributed by atoms with Crippen molar-refractivity contribution >= 4 is 0 Å². The molecule has 1 atom stereocenters. The van der Waals surface area contributed by atoms with E-state index >= 15 is 0 Å². The fraction of sp³-hybridized carbons (Fsp3) is 0.538. The second-order valence-electron chi connectivity index (χ2n) is 4.84. The Morgan fingerprint density at radius 1 is 1.29 bits per heavy atom. The van der Waals surface area contributed by atoms with Crippen LogP contribution in [-0.4, -0.2) is 25.0 Å². The van der Waals surface area contributed by atoms with Gasteiger partial charge in [0.05, 0.1) is 0 Å². The normalized spacial score (nSPS) is 17.5. The fourth-order valence-electron chi connectivity index (χ4n) is 2.17. The number of benzene rings is 1. The van der Waals surface area contributed by atoms with Crippen molar-refractivity contribution in [3.63, 3.8) is 0 Å². The maximum atomic E-state index is 13.2. The quantitative estimate of drug-likeness (QED) is 0.855. The number of rotatable bonds is 5. The smallest absolute Gasteiger partial charge is 0.126 e. The molecular formula is C13H18F2N2. The van der Waals surface area contributed by atoms with Crippen LogP contribution in [0.2, 0.25) is 0 Å². The molecule has 94 valence electrons.